The average Bonchev–Trinajstić information content (AvgIpc) is 2.83. The molecule has 1 atom stereocenters. The van der Waals surface area contributed by atoms with Gasteiger partial charge in [0.1, 0.15) is 0 Å². The minimum atomic E-state index is -0.234. The lowest BCUT2D eigenvalue weighted by Gasteiger charge is -2.14. The predicted molar refractivity (Wildman–Crippen MR) is 69.1 cm³/mol. The first kappa shape index (κ1) is 14.7. The lowest BCUT2D eigenvalue weighted by molar-refractivity contribution is -0.123. The molecule has 0 bridgehead atoms. The summed E-state index contributed by atoms with van der Waals surface area (Å²) in [6.45, 7) is 6.41. The summed E-state index contributed by atoms with van der Waals surface area (Å²) >= 11 is 0. The molecule has 2 N–H and O–H groups in total. The maximum atomic E-state index is 11.7. The molecule has 0 spiro atoms. The Labute approximate surface area is 108 Å². The normalized spacial score (nSPS) is 12.4. The quantitative estimate of drug-likeness (QED) is 0.648. The summed E-state index contributed by atoms with van der Waals surface area (Å²) in [6.07, 6.45) is 1.77. The van der Waals surface area contributed by atoms with Gasteiger partial charge >= 0.3 is 0 Å². The first-order chi connectivity index (χ1) is 8.69. The Morgan fingerprint density at radius 3 is 3.06 bits per heavy atom. The lowest BCUT2D eigenvalue weighted by Crippen LogP contribution is -2.43. The van der Waals surface area contributed by atoms with Crippen LogP contribution in [0, 0.1) is 0 Å². The van der Waals surface area contributed by atoms with E-state index in [4.69, 9.17) is 4.74 Å². The Morgan fingerprint density at radius 1 is 1.61 bits per heavy atom. The third-order valence-electron chi connectivity index (χ3n) is 2.69. The van der Waals surface area contributed by atoms with Gasteiger partial charge in [-0.3, -0.25) is 9.48 Å². The van der Waals surface area contributed by atoms with Gasteiger partial charge in [-0.2, -0.15) is 5.10 Å². The number of carbonyl (C=O) groups is 1. The van der Waals surface area contributed by atoms with Crippen molar-refractivity contribution in [2.75, 3.05) is 20.3 Å². The number of nitrogens with zero attached hydrogens (tertiary/aromatic N) is 2. The Balaban J connectivity index is 2.32. The van der Waals surface area contributed by atoms with Crippen LogP contribution in [-0.4, -0.2) is 42.0 Å². The fraction of sp³-hybridized carbons (Fsp3) is 0.667. The highest BCUT2D eigenvalue weighted by atomic mass is 16.5. The molecule has 1 amide bonds. The Kier molecular flexibility index (Phi) is 6.38. The molecule has 0 aromatic carbocycles. The topological polar surface area (TPSA) is 68.2 Å². The van der Waals surface area contributed by atoms with Crippen molar-refractivity contribution in [1.82, 2.24) is 20.4 Å². The minimum absolute atomic E-state index is 0.0189. The van der Waals surface area contributed by atoms with Crippen LogP contribution in [0.25, 0.3) is 0 Å². The minimum Gasteiger partial charge on any atom is -0.383 e. The van der Waals surface area contributed by atoms with Crippen LogP contribution in [0.3, 0.4) is 0 Å². The standard InChI is InChI=1S/C12H22N4O2/c1-4-16-11(5-6-15-16)9-14-10(2)12(17)13-7-8-18-3/h5-6,10,14H,4,7-9H2,1-3H3,(H,13,17). The van der Waals surface area contributed by atoms with E-state index in [1.807, 2.05) is 24.6 Å². The fourth-order valence-corrected chi connectivity index (χ4v) is 1.57. The van der Waals surface area contributed by atoms with Gasteiger partial charge in [0.15, 0.2) is 0 Å². The van der Waals surface area contributed by atoms with Crippen LogP contribution in [0.5, 0.6) is 0 Å². The first-order valence-electron chi connectivity index (χ1n) is 6.19. The second kappa shape index (κ2) is 7.84. The maximum Gasteiger partial charge on any atom is 0.236 e. The molecule has 0 aliphatic rings. The van der Waals surface area contributed by atoms with E-state index in [-0.39, 0.29) is 11.9 Å². The summed E-state index contributed by atoms with van der Waals surface area (Å²) in [5.74, 6) is -0.0189. The first-order valence-corrected chi connectivity index (χ1v) is 6.19. The summed E-state index contributed by atoms with van der Waals surface area (Å²) in [5.41, 5.74) is 1.08. The predicted octanol–water partition coefficient (Wildman–Crippen LogP) is 0.144. The molecule has 1 heterocycles. The zero-order valence-corrected chi connectivity index (χ0v) is 11.3. The van der Waals surface area contributed by atoms with Crippen LogP contribution in [0.15, 0.2) is 12.3 Å². The van der Waals surface area contributed by atoms with Gasteiger partial charge in [-0.1, -0.05) is 0 Å². The number of amides is 1. The van der Waals surface area contributed by atoms with E-state index in [0.717, 1.165) is 12.2 Å². The van der Waals surface area contributed by atoms with E-state index in [2.05, 4.69) is 15.7 Å². The molecule has 0 saturated heterocycles. The number of aromatic nitrogens is 2. The van der Waals surface area contributed by atoms with E-state index in [1.165, 1.54) is 0 Å². The summed E-state index contributed by atoms with van der Waals surface area (Å²) in [4.78, 5) is 11.7. The Morgan fingerprint density at radius 2 is 2.39 bits per heavy atom. The van der Waals surface area contributed by atoms with E-state index >= 15 is 0 Å². The number of carbonyl (C=O) groups excluding carboxylic acids is 1. The van der Waals surface area contributed by atoms with Crippen LogP contribution >= 0.6 is 0 Å². The van der Waals surface area contributed by atoms with Crippen molar-refractivity contribution >= 4 is 5.91 Å². The van der Waals surface area contributed by atoms with E-state index < -0.39 is 0 Å². The highest BCUT2D eigenvalue weighted by molar-refractivity contribution is 5.81. The molecular formula is C12H22N4O2. The zero-order valence-electron chi connectivity index (χ0n) is 11.3. The molecule has 0 aliphatic heterocycles. The highest BCUT2D eigenvalue weighted by Crippen LogP contribution is 1.98. The van der Waals surface area contributed by atoms with E-state index in [0.29, 0.717) is 19.7 Å². The Hall–Kier alpha value is -1.40. The molecule has 1 unspecified atom stereocenters. The second-order valence-electron chi connectivity index (χ2n) is 4.02. The molecule has 102 valence electrons. The molecule has 0 fully saturated rings. The van der Waals surface area contributed by atoms with Gasteiger partial charge in [0.25, 0.3) is 0 Å². The number of hydrogen-bond acceptors (Lipinski definition) is 4. The number of methoxy groups -OCH3 is 1. The van der Waals surface area contributed by atoms with E-state index in [9.17, 15) is 4.79 Å². The molecular weight excluding hydrogens is 232 g/mol. The Bertz CT molecular complexity index is 365. The summed E-state index contributed by atoms with van der Waals surface area (Å²) < 4.78 is 6.78. The van der Waals surface area contributed by atoms with Gasteiger partial charge in [-0.05, 0) is 19.9 Å². The van der Waals surface area contributed by atoms with E-state index in [1.54, 1.807) is 13.3 Å². The van der Waals surface area contributed by atoms with Gasteiger partial charge in [0.05, 0.1) is 18.3 Å². The third-order valence-corrected chi connectivity index (χ3v) is 2.69. The summed E-state index contributed by atoms with van der Waals surface area (Å²) in [5, 5.41) is 10.1. The molecule has 0 saturated carbocycles. The van der Waals surface area contributed by atoms with Crippen molar-refractivity contribution < 1.29 is 9.53 Å². The SMILES string of the molecule is CCn1nccc1CNC(C)C(=O)NCCOC. The van der Waals surface area contributed by atoms with Crippen LogP contribution in [-0.2, 0) is 22.6 Å². The highest BCUT2D eigenvalue weighted by Gasteiger charge is 2.12. The van der Waals surface area contributed by atoms with Crippen molar-refractivity contribution in [1.29, 1.82) is 0 Å². The van der Waals surface area contributed by atoms with Crippen molar-refractivity contribution in [3.8, 4) is 0 Å². The molecule has 18 heavy (non-hydrogen) atoms. The summed E-state index contributed by atoms with van der Waals surface area (Å²) in [7, 11) is 1.61. The van der Waals surface area contributed by atoms with Crippen molar-refractivity contribution in [2.45, 2.75) is 33.0 Å². The van der Waals surface area contributed by atoms with Crippen molar-refractivity contribution in [3.63, 3.8) is 0 Å². The number of hydrogen-bond donors (Lipinski definition) is 2. The number of rotatable bonds is 8. The number of ether oxygens (including phenoxy) is 1. The second-order valence-corrected chi connectivity index (χ2v) is 4.02. The molecule has 6 nitrogen and oxygen atoms in total. The van der Waals surface area contributed by atoms with Crippen LogP contribution < -0.4 is 10.6 Å². The van der Waals surface area contributed by atoms with Crippen LogP contribution in [0.4, 0.5) is 0 Å². The number of nitrogens with one attached hydrogen (secondary N) is 2. The number of aryl methyl sites for hydroxylation is 1. The van der Waals surface area contributed by atoms with Crippen LogP contribution in [0.2, 0.25) is 0 Å². The maximum absolute atomic E-state index is 11.7. The van der Waals surface area contributed by atoms with Gasteiger partial charge in [0, 0.05) is 32.9 Å². The lowest BCUT2D eigenvalue weighted by atomic mass is 10.3. The molecule has 1 aromatic rings. The molecule has 1 aromatic heterocycles. The molecule has 0 radical (unpaired) electrons. The van der Waals surface area contributed by atoms with Gasteiger partial charge < -0.3 is 15.4 Å². The van der Waals surface area contributed by atoms with Gasteiger partial charge in [0.2, 0.25) is 5.91 Å². The fourth-order valence-electron chi connectivity index (χ4n) is 1.57. The largest absolute Gasteiger partial charge is 0.383 e. The monoisotopic (exact) mass is 254 g/mol. The van der Waals surface area contributed by atoms with Crippen molar-refractivity contribution in [2.24, 2.45) is 0 Å². The third kappa shape index (κ3) is 4.46. The molecule has 0 aliphatic carbocycles. The summed E-state index contributed by atoms with van der Waals surface area (Å²) in [6, 6.07) is 1.72. The molecule has 1 rings (SSSR count). The zero-order chi connectivity index (χ0) is 13.4. The van der Waals surface area contributed by atoms with Crippen LogP contribution in [0.1, 0.15) is 19.5 Å². The molecule has 6 heteroatoms. The average molecular weight is 254 g/mol. The smallest absolute Gasteiger partial charge is 0.236 e. The van der Waals surface area contributed by atoms with Crippen molar-refractivity contribution in [3.05, 3.63) is 18.0 Å². The van der Waals surface area contributed by atoms with Gasteiger partial charge in [-0.15, -0.1) is 0 Å². The van der Waals surface area contributed by atoms with Gasteiger partial charge in [-0.25, -0.2) is 0 Å².